The van der Waals surface area contributed by atoms with Gasteiger partial charge in [-0.3, -0.25) is 0 Å². The number of anilines is 2. The maximum absolute atomic E-state index is 6.16. The van der Waals surface area contributed by atoms with Crippen LogP contribution in [-0.4, -0.2) is 30.6 Å². The average Bonchev–Trinajstić information content (AvgIpc) is 2.27. The summed E-state index contributed by atoms with van der Waals surface area (Å²) in [5.74, 6) is 0. The molecule has 0 saturated carbocycles. The van der Waals surface area contributed by atoms with Crippen molar-refractivity contribution in [3.05, 3.63) is 23.2 Å². The Bertz CT molecular complexity index is 394. The number of rotatable bonds is 2. The second-order valence-electron chi connectivity index (χ2n) is 4.93. The molecule has 3 nitrogen and oxygen atoms in total. The van der Waals surface area contributed by atoms with E-state index in [-0.39, 0.29) is 0 Å². The summed E-state index contributed by atoms with van der Waals surface area (Å²) in [7, 11) is 2.18. The number of halogens is 1. The highest BCUT2D eigenvalue weighted by Gasteiger charge is 2.22. The number of nitrogens with two attached hydrogens (primary N) is 1. The predicted molar refractivity (Wildman–Crippen MR) is 74.6 cm³/mol. The second kappa shape index (κ2) is 5.15. The van der Waals surface area contributed by atoms with Crippen LogP contribution in [0.1, 0.15) is 19.8 Å². The smallest absolute Gasteiger partial charge is 0.0658 e. The highest BCUT2D eigenvalue weighted by molar-refractivity contribution is 6.33. The number of benzene rings is 1. The first-order chi connectivity index (χ1) is 8.06. The minimum atomic E-state index is 0.502. The van der Waals surface area contributed by atoms with Crippen LogP contribution >= 0.6 is 11.6 Å². The van der Waals surface area contributed by atoms with E-state index in [1.165, 1.54) is 0 Å². The Kier molecular flexibility index (Phi) is 3.79. The van der Waals surface area contributed by atoms with Gasteiger partial charge in [0.25, 0.3) is 0 Å². The third kappa shape index (κ3) is 3.05. The van der Waals surface area contributed by atoms with Crippen LogP contribution in [0.2, 0.25) is 5.02 Å². The van der Waals surface area contributed by atoms with E-state index in [9.17, 15) is 0 Å². The Labute approximate surface area is 108 Å². The van der Waals surface area contributed by atoms with Crippen LogP contribution in [-0.2, 0) is 0 Å². The second-order valence-corrected chi connectivity index (χ2v) is 5.34. The number of hydrogen-bond donors (Lipinski definition) is 2. The third-order valence-electron chi connectivity index (χ3n) is 3.56. The molecule has 1 heterocycles. The molecule has 2 atom stereocenters. The fourth-order valence-corrected chi connectivity index (χ4v) is 2.53. The molecular formula is C13H20ClN3. The summed E-state index contributed by atoms with van der Waals surface area (Å²) in [5.41, 5.74) is 7.38. The lowest BCUT2D eigenvalue weighted by Crippen LogP contribution is -2.42. The maximum Gasteiger partial charge on any atom is 0.0658 e. The lowest BCUT2D eigenvalue weighted by atomic mass is 9.98. The SMILES string of the molecule is CC1CC(Nc2ccc(N)cc2Cl)CCN1C. The molecule has 0 aliphatic carbocycles. The van der Waals surface area contributed by atoms with Gasteiger partial charge in [-0.15, -0.1) is 0 Å². The molecule has 0 spiro atoms. The van der Waals surface area contributed by atoms with Crippen LogP contribution in [0.5, 0.6) is 0 Å². The Morgan fingerprint density at radius 2 is 2.24 bits per heavy atom. The van der Waals surface area contributed by atoms with Crippen molar-refractivity contribution in [1.29, 1.82) is 0 Å². The molecule has 3 N–H and O–H groups in total. The van der Waals surface area contributed by atoms with E-state index in [0.717, 1.165) is 25.1 Å². The number of nitrogens with zero attached hydrogens (tertiary/aromatic N) is 1. The molecule has 1 aliphatic heterocycles. The maximum atomic E-state index is 6.16. The highest BCUT2D eigenvalue weighted by Crippen LogP contribution is 2.27. The summed E-state index contributed by atoms with van der Waals surface area (Å²) < 4.78 is 0. The monoisotopic (exact) mass is 253 g/mol. The molecule has 1 aromatic carbocycles. The number of piperidine rings is 1. The molecule has 17 heavy (non-hydrogen) atoms. The third-order valence-corrected chi connectivity index (χ3v) is 3.87. The van der Waals surface area contributed by atoms with Crippen molar-refractivity contribution in [1.82, 2.24) is 4.90 Å². The average molecular weight is 254 g/mol. The Hall–Kier alpha value is -0.930. The topological polar surface area (TPSA) is 41.3 Å². The lowest BCUT2D eigenvalue weighted by Gasteiger charge is -2.35. The molecule has 1 aliphatic rings. The van der Waals surface area contributed by atoms with Gasteiger partial charge in [-0.05, 0) is 45.0 Å². The first kappa shape index (κ1) is 12.5. The van der Waals surface area contributed by atoms with Crippen molar-refractivity contribution in [3.63, 3.8) is 0 Å². The van der Waals surface area contributed by atoms with Crippen LogP contribution in [0.4, 0.5) is 11.4 Å². The summed E-state index contributed by atoms with van der Waals surface area (Å²) in [4.78, 5) is 2.39. The largest absolute Gasteiger partial charge is 0.399 e. The van der Waals surface area contributed by atoms with Crippen LogP contribution in [0.15, 0.2) is 18.2 Å². The molecule has 1 saturated heterocycles. The van der Waals surface area contributed by atoms with Gasteiger partial charge in [0.2, 0.25) is 0 Å². The highest BCUT2D eigenvalue weighted by atomic mass is 35.5. The number of nitrogen functional groups attached to an aromatic ring is 1. The summed E-state index contributed by atoms with van der Waals surface area (Å²) in [6.07, 6.45) is 2.30. The van der Waals surface area contributed by atoms with E-state index in [0.29, 0.717) is 22.8 Å². The van der Waals surface area contributed by atoms with Crippen LogP contribution in [0.25, 0.3) is 0 Å². The van der Waals surface area contributed by atoms with Crippen molar-refractivity contribution in [3.8, 4) is 0 Å². The number of likely N-dealkylation sites (tertiary alicyclic amines) is 1. The Morgan fingerprint density at radius 1 is 1.47 bits per heavy atom. The Balaban J connectivity index is 2.01. The van der Waals surface area contributed by atoms with Gasteiger partial charge in [0.1, 0.15) is 0 Å². The minimum absolute atomic E-state index is 0.502. The van der Waals surface area contributed by atoms with E-state index >= 15 is 0 Å². The summed E-state index contributed by atoms with van der Waals surface area (Å²) in [6.45, 7) is 3.39. The first-order valence-electron chi connectivity index (χ1n) is 6.08. The molecule has 1 aromatic rings. The Morgan fingerprint density at radius 3 is 2.88 bits per heavy atom. The van der Waals surface area contributed by atoms with Crippen molar-refractivity contribution in [2.24, 2.45) is 0 Å². The summed E-state index contributed by atoms with van der Waals surface area (Å²) >= 11 is 6.16. The normalized spacial score (nSPS) is 25.8. The van der Waals surface area contributed by atoms with E-state index in [2.05, 4.69) is 24.2 Å². The predicted octanol–water partition coefficient (Wildman–Crippen LogP) is 2.82. The molecule has 1 fully saturated rings. The lowest BCUT2D eigenvalue weighted by molar-refractivity contribution is 0.190. The fourth-order valence-electron chi connectivity index (χ4n) is 2.29. The molecule has 0 bridgehead atoms. The number of nitrogens with one attached hydrogen (secondary N) is 1. The van der Waals surface area contributed by atoms with Crippen LogP contribution in [0.3, 0.4) is 0 Å². The van der Waals surface area contributed by atoms with Gasteiger partial charge in [0.05, 0.1) is 10.7 Å². The molecule has 4 heteroatoms. The van der Waals surface area contributed by atoms with Gasteiger partial charge in [-0.25, -0.2) is 0 Å². The van der Waals surface area contributed by atoms with Crippen molar-refractivity contribution >= 4 is 23.0 Å². The van der Waals surface area contributed by atoms with Gasteiger partial charge >= 0.3 is 0 Å². The van der Waals surface area contributed by atoms with E-state index in [1.54, 1.807) is 6.07 Å². The van der Waals surface area contributed by atoms with Gasteiger partial charge in [0, 0.05) is 24.3 Å². The number of hydrogen-bond acceptors (Lipinski definition) is 3. The zero-order valence-corrected chi connectivity index (χ0v) is 11.2. The quantitative estimate of drug-likeness (QED) is 0.797. The van der Waals surface area contributed by atoms with Gasteiger partial charge in [-0.1, -0.05) is 11.6 Å². The molecule has 0 radical (unpaired) electrons. The van der Waals surface area contributed by atoms with E-state index in [4.69, 9.17) is 17.3 Å². The van der Waals surface area contributed by atoms with Crippen molar-refractivity contribution < 1.29 is 0 Å². The molecule has 0 amide bonds. The van der Waals surface area contributed by atoms with Gasteiger partial charge in [0.15, 0.2) is 0 Å². The zero-order valence-electron chi connectivity index (χ0n) is 10.4. The summed E-state index contributed by atoms with van der Waals surface area (Å²) in [5, 5.41) is 4.22. The standard InChI is InChI=1S/C13H20ClN3/c1-9-7-11(5-6-17(9)2)16-13-4-3-10(15)8-12(13)14/h3-4,8-9,11,16H,5-7,15H2,1-2H3. The van der Waals surface area contributed by atoms with Gasteiger partial charge < -0.3 is 16.0 Å². The van der Waals surface area contributed by atoms with E-state index in [1.807, 2.05) is 12.1 Å². The van der Waals surface area contributed by atoms with E-state index < -0.39 is 0 Å². The first-order valence-corrected chi connectivity index (χ1v) is 6.46. The molecule has 2 rings (SSSR count). The minimum Gasteiger partial charge on any atom is -0.399 e. The summed E-state index contributed by atoms with van der Waals surface area (Å²) in [6, 6.07) is 6.76. The molecular weight excluding hydrogens is 234 g/mol. The van der Waals surface area contributed by atoms with Crippen molar-refractivity contribution in [2.75, 3.05) is 24.6 Å². The van der Waals surface area contributed by atoms with Crippen molar-refractivity contribution in [2.45, 2.75) is 31.8 Å². The van der Waals surface area contributed by atoms with Crippen LogP contribution < -0.4 is 11.1 Å². The fraction of sp³-hybridized carbons (Fsp3) is 0.538. The molecule has 94 valence electrons. The zero-order chi connectivity index (χ0) is 12.4. The van der Waals surface area contributed by atoms with Gasteiger partial charge in [-0.2, -0.15) is 0 Å². The van der Waals surface area contributed by atoms with Crippen LogP contribution in [0, 0.1) is 0 Å². The molecule has 2 unspecified atom stereocenters. The molecule has 0 aromatic heterocycles.